The topological polar surface area (TPSA) is 12.0 Å². The van der Waals surface area contributed by atoms with Crippen molar-refractivity contribution in [2.45, 2.75) is 42.7 Å². The number of thioether (sulfide) groups is 1. The molecule has 2 heterocycles. The SMILES string of the molecule is c1ccc2c(c1)SCCC2NC1CCCc2sccc21. The van der Waals surface area contributed by atoms with Crippen LogP contribution in [0.25, 0.3) is 0 Å². The first-order valence-corrected chi connectivity index (χ1v) is 9.32. The predicted molar refractivity (Wildman–Crippen MR) is 87.7 cm³/mol. The van der Waals surface area contributed by atoms with Crippen molar-refractivity contribution < 1.29 is 0 Å². The highest BCUT2D eigenvalue weighted by atomic mass is 32.2. The molecule has 1 aliphatic carbocycles. The van der Waals surface area contributed by atoms with Gasteiger partial charge in [-0.1, -0.05) is 18.2 Å². The zero-order valence-corrected chi connectivity index (χ0v) is 13.1. The lowest BCUT2D eigenvalue weighted by Crippen LogP contribution is -2.30. The first-order chi connectivity index (χ1) is 9.92. The Labute approximate surface area is 128 Å². The zero-order chi connectivity index (χ0) is 13.4. The summed E-state index contributed by atoms with van der Waals surface area (Å²) in [5.74, 6) is 1.23. The molecule has 2 aliphatic rings. The highest BCUT2D eigenvalue weighted by Crippen LogP contribution is 2.40. The van der Waals surface area contributed by atoms with E-state index in [1.807, 2.05) is 23.1 Å². The quantitative estimate of drug-likeness (QED) is 0.842. The molecule has 2 unspecified atom stereocenters. The minimum atomic E-state index is 0.531. The number of fused-ring (bicyclic) bond motifs is 2. The van der Waals surface area contributed by atoms with Gasteiger partial charge in [0.15, 0.2) is 0 Å². The Kier molecular flexibility index (Phi) is 3.59. The van der Waals surface area contributed by atoms with Crippen molar-refractivity contribution in [1.29, 1.82) is 0 Å². The number of hydrogen-bond acceptors (Lipinski definition) is 3. The summed E-state index contributed by atoms with van der Waals surface area (Å²) < 4.78 is 0. The Morgan fingerprint density at radius 3 is 2.90 bits per heavy atom. The van der Waals surface area contributed by atoms with Crippen LogP contribution in [0.1, 0.15) is 47.4 Å². The lowest BCUT2D eigenvalue weighted by molar-refractivity contribution is 0.392. The van der Waals surface area contributed by atoms with Crippen LogP contribution in [0.3, 0.4) is 0 Å². The standard InChI is InChI=1S/C17H19NS2/c1-2-6-16-12(4-1)15(9-11-20-16)18-14-5-3-7-17-13(14)8-10-19-17/h1-2,4,6,8,10,14-15,18H,3,5,7,9,11H2. The molecule has 104 valence electrons. The smallest absolute Gasteiger partial charge is 0.0344 e. The molecule has 1 nitrogen and oxygen atoms in total. The van der Waals surface area contributed by atoms with Crippen LogP contribution in [0.15, 0.2) is 40.6 Å². The van der Waals surface area contributed by atoms with Crippen molar-refractivity contribution in [3.8, 4) is 0 Å². The molecule has 0 saturated carbocycles. The van der Waals surface area contributed by atoms with Gasteiger partial charge in [0.2, 0.25) is 0 Å². The maximum absolute atomic E-state index is 3.95. The van der Waals surface area contributed by atoms with Crippen molar-refractivity contribution in [1.82, 2.24) is 5.32 Å². The van der Waals surface area contributed by atoms with Gasteiger partial charge in [0, 0.05) is 21.9 Å². The number of rotatable bonds is 2. The molecule has 0 radical (unpaired) electrons. The summed E-state index contributed by atoms with van der Waals surface area (Å²) in [5.41, 5.74) is 3.07. The van der Waals surface area contributed by atoms with E-state index in [1.165, 1.54) is 41.9 Å². The normalized spacial score (nSPS) is 25.0. The molecular weight excluding hydrogens is 282 g/mol. The van der Waals surface area contributed by atoms with Crippen LogP contribution in [-0.4, -0.2) is 5.75 Å². The maximum Gasteiger partial charge on any atom is 0.0344 e. The average Bonchev–Trinajstić information content (AvgIpc) is 2.97. The van der Waals surface area contributed by atoms with Gasteiger partial charge in [0.1, 0.15) is 0 Å². The van der Waals surface area contributed by atoms with Crippen LogP contribution in [0.5, 0.6) is 0 Å². The molecule has 2 aromatic rings. The van der Waals surface area contributed by atoms with E-state index in [9.17, 15) is 0 Å². The highest BCUT2D eigenvalue weighted by molar-refractivity contribution is 7.99. The van der Waals surface area contributed by atoms with Crippen LogP contribution in [0, 0.1) is 0 Å². The molecular formula is C17H19NS2. The lowest BCUT2D eigenvalue weighted by atomic mass is 9.92. The third kappa shape index (κ3) is 2.32. The Morgan fingerprint density at radius 2 is 1.90 bits per heavy atom. The molecule has 1 N–H and O–H groups in total. The minimum absolute atomic E-state index is 0.531. The molecule has 1 aliphatic heterocycles. The molecule has 1 aromatic carbocycles. The van der Waals surface area contributed by atoms with Gasteiger partial charge < -0.3 is 5.32 Å². The summed E-state index contributed by atoms with van der Waals surface area (Å²) in [6.45, 7) is 0. The number of nitrogens with one attached hydrogen (secondary N) is 1. The van der Waals surface area contributed by atoms with Gasteiger partial charge in [-0.3, -0.25) is 0 Å². The van der Waals surface area contributed by atoms with E-state index in [-0.39, 0.29) is 0 Å². The van der Waals surface area contributed by atoms with Gasteiger partial charge >= 0.3 is 0 Å². The van der Waals surface area contributed by atoms with E-state index in [0.717, 1.165) is 0 Å². The van der Waals surface area contributed by atoms with E-state index in [1.54, 1.807) is 10.4 Å². The van der Waals surface area contributed by atoms with Crippen molar-refractivity contribution in [3.63, 3.8) is 0 Å². The van der Waals surface area contributed by atoms with Gasteiger partial charge in [-0.2, -0.15) is 0 Å². The first kappa shape index (κ1) is 12.9. The fraction of sp³-hybridized carbons (Fsp3) is 0.412. The number of benzene rings is 1. The van der Waals surface area contributed by atoms with Gasteiger partial charge in [0.05, 0.1) is 0 Å². The van der Waals surface area contributed by atoms with E-state index in [4.69, 9.17) is 0 Å². The van der Waals surface area contributed by atoms with Crippen LogP contribution in [0.4, 0.5) is 0 Å². The largest absolute Gasteiger partial charge is 0.303 e. The third-order valence-electron chi connectivity index (χ3n) is 4.41. The third-order valence-corrected chi connectivity index (χ3v) is 6.53. The van der Waals surface area contributed by atoms with E-state index in [0.29, 0.717) is 12.1 Å². The summed E-state index contributed by atoms with van der Waals surface area (Å²) in [6, 6.07) is 12.3. The van der Waals surface area contributed by atoms with Gasteiger partial charge in [0.25, 0.3) is 0 Å². The van der Waals surface area contributed by atoms with Crippen molar-refractivity contribution in [2.75, 3.05) is 5.75 Å². The Bertz CT molecular complexity index is 605. The first-order valence-electron chi connectivity index (χ1n) is 7.46. The second-order valence-electron chi connectivity index (χ2n) is 5.64. The molecule has 0 bridgehead atoms. The van der Waals surface area contributed by atoms with Gasteiger partial charge in [-0.25, -0.2) is 0 Å². The fourth-order valence-electron chi connectivity index (χ4n) is 3.42. The molecule has 0 fully saturated rings. The zero-order valence-electron chi connectivity index (χ0n) is 11.5. The summed E-state index contributed by atoms with van der Waals surface area (Å²) in [4.78, 5) is 3.07. The van der Waals surface area contributed by atoms with E-state index < -0.39 is 0 Å². The lowest BCUT2D eigenvalue weighted by Gasteiger charge is -2.32. The minimum Gasteiger partial charge on any atom is -0.303 e. The predicted octanol–water partition coefficient (Wildman–Crippen LogP) is 4.95. The van der Waals surface area contributed by atoms with Gasteiger partial charge in [-0.05, 0) is 60.1 Å². The average molecular weight is 301 g/mol. The van der Waals surface area contributed by atoms with Crippen LogP contribution < -0.4 is 5.32 Å². The second kappa shape index (κ2) is 5.55. The van der Waals surface area contributed by atoms with E-state index >= 15 is 0 Å². The Balaban J connectivity index is 1.60. The molecule has 3 heteroatoms. The van der Waals surface area contributed by atoms with Crippen molar-refractivity contribution in [3.05, 3.63) is 51.7 Å². The van der Waals surface area contributed by atoms with Crippen LogP contribution in [0.2, 0.25) is 0 Å². The Hall–Kier alpha value is -0.770. The summed E-state index contributed by atoms with van der Waals surface area (Å²) in [7, 11) is 0. The molecule has 0 saturated heterocycles. The number of hydrogen-bond donors (Lipinski definition) is 1. The maximum atomic E-state index is 3.95. The number of thiophene rings is 1. The fourth-order valence-corrected chi connectivity index (χ4v) is 5.53. The summed E-state index contributed by atoms with van der Waals surface area (Å²) >= 11 is 3.94. The molecule has 2 atom stereocenters. The number of aryl methyl sites for hydroxylation is 1. The molecule has 0 spiro atoms. The molecule has 0 amide bonds. The van der Waals surface area contributed by atoms with Crippen LogP contribution in [-0.2, 0) is 6.42 Å². The monoisotopic (exact) mass is 301 g/mol. The highest BCUT2D eigenvalue weighted by Gasteiger charge is 2.26. The van der Waals surface area contributed by atoms with Crippen molar-refractivity contribution >= 4 is 23.1 Å². The summed E-state index contributed by atoms with van der Waals surface area (Å²) in [6.07, 6.45) is 5.14. The van der Waals surface area contributed by atoms with Gasteiger partial charge in [-0.15, -0.1) is 23.1 Å². The molecule has 20 heavy (non-hydrogen) atoms. The second-order valence-corrected chi connectivity index (χ2v) is 7.78. The van der Waals surface area contributed by atoms with Crippen molar-refractivity contribution in [2.24, 2.45) is 0 Å². The van der Waals surface area contributed by atoms with E-state index in [2.05, 4.69) is 41.0 Å². The molecule has 4 rings (SSSR count). The molecule has 1 aromatic heterocycles. The summed E-state index contributed by atoms with van der Waals surface area (Å²) in [5, 5.41) is 6.21. The Morgan fingerprint density at radius 1 is 1.00 bits per heavy atom. The van der Waals surface area contributed by atoms with Crippen LogP contribution >= 0.6 is 23.1 Å².